The Bertz CT molecular complexity index is 2050. The summed E-state index contributed by atoms with van der Waals surface area (Å²) >= 11 is 0. The van der Waals surface area contributed by atoms with Gasteiger partial charge in [-0.3, -0.25) is 34.1 Å². The van der Waals surface area contributed by atoms with E-state index in [0.717, 1.165) is 37.2 Å². The van der Waals surface area contributed by atoms with Gasteiger partial charge >= 0.3 is 0 Å². The van der Waals surface area contributed by atoms with Crippen molar-refractivity contribution in [3.05, 3.63) is 64.9 Å². The van der Waals surface area contributed by atoms with Gasteiger partial charge in [-0.25, -0.2) is 4.99 Å². The third-order valence-electron chi connectivity index (χ3n) is 11.6. The number of amidine groups is 1. The van der Waals surface area contributed by atoms with E-state index in [1.807, 2.05) is 13.1 Å². The van der Waals surface area contributed by atoms with Crippen LogP contribution in [-0.2, 0) is 30.5 Å². The van der Waals surface area contributed by atoms with Gasteiger partial charge in [0.15, 0.2) is 5.84 Å². The van der Waals surface area contributed by atoms with Crippen molar-refractivity contribution in [1.82, 2.24) is 30.7 Å². The van der Waals surface area contributed by atoms with Gasteiger partial charge in [-0.1, -0.05) is 31.9 Å². The Morgan fingerprint density at radius 3 is 2.56 bits per heavy atom. The number of benzene rings is 2. The molecule has 0 bridgehead atoms. The Morgan fingerprint density at radius 2 is 1.80 bits per heavy atom. The standard InChI is InChI=1S/C42H53N9O8/c1-4-31-42(57)49(2)32-14-16-35(47-38(32)51(31)26-8-5-6-9-26)45-30-13-12-25(22-34(30)58-3)39(54)44-19-21-59-20-18-43-23-37(53)46-29-11-7-10-27-28(29)24-50(41(27)56)33-15-17-36(52)48-40(33)55/h7,10-14,22,26,31,33,35,43,45H,4-6,8-9,15-21,23-24H2,1-3H3,(H,44,54)(H,46,53)(H,48,52,55)/t31-,33?,35?/m1/s1. The molecule has 17 nitrogen and oxygen atoms in total. The van der Waals surface area contributed by atoms with Gasteiger partial charge in [0.25, 0.3) is 11.8 Å². The van der Waals surface area contributed by atoms with Crippen molar-refractivity contribution in [2.45, 2.75) is 89.1 Å². The summed E-state index contributed by atoms with van der Waals surface area (Å²) in [6, 6.07) is 9.61. The van der Waals surface area contributed by atoms with Gasteiger partial charge in [-0.2, -0.15) is 0 Å². The average Bonchev–Trinajstić information content (AvgIpc) is 3.89. The molecule has 6 amide bonds. The summed E-state index contributed by atoms with van der Waals surface area (Å²) in [7, 11) is 3.39. The summed E-state index contributed by atoms with van der Waals surface area (Å²) in [5.41, 5.74) is 3.54. The Hall–Kier alpha value is -5.81. The van der Waals surface area contributed by atoms with Crippen molar-refractivity contribution >= 4 is 52.7 Å². The Kier molecular flexibility index (Phi) is 12.9. The van der Waals surface area contributed by atoms with Crippen LogP contribution in [0.2, 0.25) is 0 Å². The van der Waals surface area contributed by atoms with E-state index >= 15 is 0 Å². The molecule has 4 aliphatic heterocycles. The van der Waals surface area contributed by atoms with Crippen molar-refractivity contribution in [1.29, 1.82) is 0 Å². The van der Waals surface area contributed by atoms with Crippen molar-refractivity contribution < 1.29 is 38.2 Å². The number of nitrogens with zero attached hydrogens (tertiary/aromatic N) is 4. The van der Waals surface area contributed by atoms with Crippen LogP contribution in [0.15, 0.2) is 53.2 Å². The van der Waals surface area contributed by atoms with Gasteiger partial charge in [0.05, 0.1) is 38.3 Å². The van der Waals surface area contributed by atoms with E-state index < -0.39 is 11.9 Å². The molecule has 4 heterocycles. The van der Waals surface area contributed by atoms with Gasteiger partial charge < -0.3 is 45.4 Å². The molecule has 0 radical (unpaired) electrons. The van der Waals surface area contributed by atoms with E-state index in [1.54, 1.807) is 42.3 Å². The number of rotatable bonds is 16. The highest BCUT2D eigenvalue weighted by Gasteiger charge is 2.44. The second-order valence-electron chi connectivity index (χ2n) is 15.3. The van der Waals surface area contributed by atoms with E-state index in [9.17, 15) is 28.8 Å². The van der Waals surface area contributed by atoms with Crippen LogP contribution in [0.25, 0.3) is 0 Å². The van der Waals surface area contributed by atoms with Crippen LogP contribution < -0.4 is 31.3 Å². The smallest absolute Gasteiger partial charge is 0.255 e. The monoisotopic (exact) mass is 811 g/mol. The molecule has 0 spiro atoms. The number of fused-ring (bicyclic) bond motifs is 2. The number of ether oxygens (including phenoxy) is 2. The number of amides is 6. The first-order valence-electron chi connectivity index (χ1n) is 20.5. The number of carbonyl (C=O) groups excluding carboxylic acids is 6. The maximum Gasteiger partial charge on any atom is 0.255 e. The van der Waals surface area contributed by atoms with Gasteiger partial charge in [-0.05, 0) is 56.0 Å². The fourth-order valence-electron chi connectivity index (χ4n) is 8.56. The molecule has 1 aliphatic carbocycles. The number of likely N-dealkylation sites (N-methyl/N-ethyl adjacent to an activating group) is 1. The normalized spacial score (nSPS) is 21.7. The van der Waals surface area contributed by atoms with Crippen LogP contribution in [0.4, 0.5) is 11.4 Å². The summed E-state index contributed by atoms with van der Waals surface area (Å²) in [4.78, 5) is 86.7. The van der Waals surface area contributed by atoms with Crippen molar-refractivity contribution in [2.75, 3.05) is 57.6 Å². The largest absolute Gasteiger partial charge is 0.495 e. The first kappa shape index (κ1) is 41.4. The summed E-state index contributed by atoms with van der Waals surface area (Å²) in [6.07, 6.45) is 7.95. The van der Waals surface area contributed by atoms with Crippen LogP contribution in [0.5, 0.6) is 5.75 Å². The number of piperidine rings is 1. The first-order chi connectivity index (χ1) is 28.6. The highest BCUT2D eigenvalue weighted by molar-refractivity contribution is 6.08. The van der Waals surface area contributed by atoms with Crippen molar-refractivity contribution in [2.24, 2.45) is 4.99 Å². The Morgan fingerprint density at radius 1 is 1.00 bits per heavy atom. The van der Waals surface area contributed by atoms with Crippen molar-refractivity contribution in [3.8, 4) is 5.75 Å². The highest BCUT2D eigenvalue weighted by atomic mass is 16.5. The second kappa shape index (κ2) is 18.4. The van der Waals surface area contributed by atoms with E-state index in [2.05, 4.69) is 44.5 Å². The first-order valence-corrected chi connectivity index (χ1v) is 20.5. The molecule has 5 N–H and O–H groups in total. The molecule has 2 aromatic rings. The minimum atomic E-state index is -0.740. The van der Waals surface area contributed by atoms with Crippen LogP contribution >= 0.6 is 0 Å². The quantitative estimate of drug-likeness (QED) is 0.123. The number of imide groups is 1. The third kappa shape index (κ3) is 8.95. The highest BCUT2D eigenvalue weighted by Crippen LogP contribution is 2.36. The van der Waals surface area contributed by atoms with Crippen LogP contribution in [0.1, 0.15) is 84.6 Å². The molecular weight excluding hydrogens is 759 g/mol. The van der Waals surface area contributed by atoms with Crippen LogP contribution in [-0.4, -0.2) is 127 Å². The fourth-order valence-corrected chi connectivity index (χ4v) is 8.56. The molecule has 3 atom stereocenters. The minimum Gasteiger partial charge on any atom is -0.495 e. The maximum atomic E-state index is 13.3. The van der Waals surface area contributed by atoms with Crippen molar-refractivity contribution in [3.63, 3.8) is 0 Å². The number of aliphatic imine (C=N–C) groups is 1. The van der Waals surface area contributed by atoms with E-state index in [4.69, 9.17) is 14.5 Å². The maximum absolute atomic E-state index is 13.3. The molecule has 3 fully saturated rings. The lowest BCUT2D eigenvalue weighted by atomic mass is 9.99. The molecule has 314 valence electrons. The number of hydrogen-bond acceptors (Lipinski definition) is 12. The number of nitrogens with one attached hydrogen (secondary N) is 5. The molecule has 5 aliphatic rings. The summed E-state index contributed by atoms with van der Waals surface area (Å²) in [6.45, 7) is 3.44. The zero-order valence-electron chi connectivity index (χ0n) is 33.8. The SMILES string of the molecule is CC[C@@H]1C(=O)N(C)C2=CCC(Nc3ccc(C(=O)NCCOCCNCC(=O)Nc4cccc5c4CN(C4CCC(=O)NC4=O)C5=O)cc3OC)N=C2N1C1CCCC1. The molecule has 17 heteroatoms. The Balaban J connectivity index is 0.829. The molecule has 59 heavy (non-hydrogen) atoms. The molecule has 2 saturated heterocycles. The minimum absolute atomic E-state index is 0.00380. The number of carbonyl (C=O) groups is 6. The predicted octanol–water partition coefficient (Wildman–Crippen LogP) is 2.35. The predicted molar refractivity (Wildman–Crippen MR) is 219 cm³/mol. The molecule has 2 unspecified atom stereocenters. The third-order valence-corrected chi connectivity index (χ3v) is 11.6. The van der Waals surface area contributed by atoms with Crippen LogP contribution in [0.3, 0.4) is 0 Å². The van der Waals surface area contributed by atoms with Gasteiger partial charge in [0, 0.05) is 67.9 Å². The van der Waals surface area contributed by atoms with E-state index in [-0.39, 0.29) is 80.8 Å². The molecule has 1 saturated carbocycles. The average molecular weight is 812 g/mol. The van der Waals surface area contributed by atoms with Gasteiger partial charge in [0.2, 0.25) is 23.6 Å². The summed E-state index contributed by atoms with van der Waals surface area (Å²) < 4.78 is 11.3. The number of piperazine rings is 1. The molecule has 2 aromatic carbocycles. The lowest BCUT2D eigenvalue weighted by Crippen LogP contribution is -2.60. The van der Waals surface area contributed by atoms with Crippen LogP contribution in [0, 0.1) is 0 Å². The lowest BCUT2D eigenvalue weighted by molar-refractivity contribution is -0.137. The summed E-state index contributed by atoms with van der Waals surface area (Å²) in [5, 5.41) is 14.5. The second-order valence-corrected chi connectivity index (χ2v) is 15.3. The molecule has 0 aromatic heterocycles. The molecule has 7 rings (SSSR count). The zero-order valence-corrected chi connectivity index (χ0v) is 33.8. The Labute approximate surface area is 343 Å². The topological polar surface area (TPSA) is 203 Å². The molecular formula is C42H53N9O8. The van der Waals surface area contributed by atoms with E-state index in [0.29, 0.717) is 65.8 Å². The lowest BCUT2D eigenvalue weighted by Gasteiger charge is -2.47. The fraction of sp³-hybridized carbons (Fsp3) is 0.500. The van der Waals surface area contributed by atoms with Gasteiger partial charge in [0.1, 0.15) is 24.0 Å². The number of hydrogen-bond donors (Lipinski definition) is 5. The van der Waals surface area contributed by atoms with E-state index in [1.165, 1.54) is 4.90 Å². The summed E-state index contributed by atoms with van der Waals surface area (Å²) in [5.74, 6) is -0.253. The van der Waals surface area contributed by atoms with Gasteiger partial charge in [-0.15, -0.1) is 0 Å². The number of dihydropyridines is 1. The number of methoxy groups -OCH3 is 1. The number of anilines is 2. The zero-order chi connectivity index (χ0) is 41.6.